The van der Waals surface area contributed by atoms with Crippen LogP contribution in [0.15, 0.2) is 122 Å². The molecule has 0 saturated heterocycles. The van der Waals surface area contributed by atoms with E-state index in [1.807, 2.05) is 12.4 Å². The van der Waals surface area contributed by atoms with Gasteiger partial charge in [0.25, 0.3) is 0 Å². The van der Waals surface area contributed by atoms with Crippen LogP contribution in [0.3, 0.4) is 0 Å². The van der Waals surface area contributed by atoms with Crippen LogP contribution in [0.2, 0.25) is 35.5 Å². The zero-order chi connectivity index (χ0) is 44.1. The van der Waals surface area contributed by atoms with E-state index in [1.54, 1.807) is 0 Å². The molecule has 6 aromatic rings. The van der Waals surface area contributed by atoms with Crippen LogP contribution in [-0.4, -0.2) is 59.2 Å². The third kappa shape index (κ3) is 9.24. The van der Waals surface area contributed by atoms with E-state index >= 15 is 0 Å². The maximum Gasteiger partial charge on any atom is 0.128 e. The molecule has 0 aliphatic carbocycles. The lowest BCUT2D eigenvalue weighted by molar-refractivity contribution is -0.124. The highest BCUT2D eigenvalue weighted by molar-refractivity contribution is 6.63. The van der Waals surface area contributed by atoms with E-state index < -0.39 is 49.3 Å². The largest absolute Gasteiger partial charge is 0.344 e. The zero-order valence-corrected chi connectivity index (χ0v) is 44.7. The molecule has 0 spiro atoms. The second-order valence-corrected chi connectivity index (χ2v) is 29.1. The number of nitrogens with zero attached hydrogens (tertiary/aromatic N) is 2. The zero-order valence-electron chi connectivity index (χ0n) is 39.1. The van der Waals surface area contributed by atoms with Crippen LogP contribution in [0.4, 0.5) is 0 Å². The summed E-state index contributed by atoms with van der Waals surface area (Å²) in [5.41, 5.74) is 5.37. The fourth-order valence-corrected chi connectivity index (χ4v) is 22.7. The minimum atomic E-state index is -0.693. The van der Waals surface area contributed by atoms with Crippen LogP contribution in [0, 0.1) is 34.5 Å². The third-order valence-corrected chi connectivity index (χ3v) is 32.3. The molecular weight excluding hydrogens is 805 g/mol. The average Bonchev–Trinajstić information content (AvgIpc) is 3.24. The quantitative estimate of drug-likeness (QED) is 0.0908. The van der Waals surface area contributed by atoms with E-state index in [0.717, 1.165) is 35.4 Å². The Balaban J connectivity index is 1.40. The van der Waals surface area contributed by atoms with Crippen LogP contribution in [0.1, 0.15) is 89.0 Å². The maximum absolute atomic E-state index is 8.08. The van der Waals surface area contributed by atoms with Gasteiger partial charge >= 0.3 is 0 Å². The molecule has 7 heteroatoms. The fourth-order valence-electron chi connectivity index (χ4n) is 11.1. The Labute approximate surface area is 377 Å². The minimum Gasteiger partial charge on any atom is -0.344 e. The number of aromatic nitrogens is 2. The van der Waals surface area contributed by atoms with Gasteiger partial charge in [0, 0.05) is 85.2 Å². The Kier molecular flexibility index (Phi) is 14.0. The van der Waals surface area contributed by atoms with Gasteiger partial charge in [-0.25, -0.2) is 0 Å². The molecule has 61 heavy (non-hydrogen) atoms. The van der Waals surface area contributed by atoms with E-state index in [9.17, 15) is 0 Å². The second kappa shape index (κ2) is 18.6. The number of benzene rings is 4. The van der Waals surface area contributed by atoms with Crippen molar-refractivity contribution in [2.75, 3.05) is 0 Å². The van der Waals surface area contributed by atoms with Gasteiger partial charge in [0.1, 0.15) is 11.2 Å². The van der Waals surface area contributed by atoms with Crippen LogP contribution in [0.5, 0.6) is 0 Å². The minimum absolute atomic E-state index is 0.0153. The van der Waals surface area contributed by atoms with Crippen LogP contribution in [-0.2, 0) is 17.6 Å². The summed E-state index contributed by atoms with van der Waals surface area (Å²) in [6.45, 7) is 29.4. The number of fused-ring (bicyclic) bond motifs is 2. The van der Waals surface area contributed by atoms with Crippen molar-refractivity contribution in [3.63, 3.8) is 0 Å². The third-order valence-electron chi connectivity index (χ3n) is 14.6. The van der Waals surface area contributed by atoms with Crippen molar-refractivity contribution in [3.8, 4) is 23.7 Å². The molecule has 2 unspecified atom stereocenters. The monoisotopic (exact) mass is 872 g/mol. The van der Waals surface area contributed by atoms with Crippen molar-refractivity contribution in [1.82, 2.24) is 9.97 Å². The maximum atomic E-state index is 8.08. The summed E-state index contributed by atoms with van der Waals surface area (Å²) >= 11 is 0. The first-order valence-corrected chi connectivity index (χ1v) is 31.1. The summed E-state index contributed by atoms with van der Waals surface area (Å²) in [7, 11) is -2.46. The lowest BCUT2D eigenvalue weighted by Crippen LogP contribution is -2.63. The van der Waals surface area contributed by atoms with Gasteiger partial charge in [0.05, 0.1) is 11.4 Å². The predicted molar refractivity (Wildman–Crippen MR) is 276 cm³/mol. The standard InChI is InChI=1S/C54H68N2OSi4/c1-49(2,3)53(58-9,59-10)51(7,33-29-39-21-25-41(26-22-39)37-47-45-19-15-13-17-43(45)31-35-55-47)57-52(8,54(60-11,61-12)50(4,5)6)34-30-40-23-27-42(28-24-40)38-48-46-20-16-14-18-44(46)32-36-56-48/h13-28,31-32,35-36H,37-38,58-61H2,1-12H3. The number of hydrogen-bond donors (Lipinski definition) is 0. The van der Waals surface area contributed by atoms with Crippen LogP contribution < -0.4 is 0 Å². The molecule has 0 amide bonds. The molecule has 0 aliphatic heterocycles. The second-order valence-electron chi connectivity index (χ2n) is 19.5. The molecule has 2 aromatic heterocycles. The molecule has 0 bridgehead atoms. The van der Waals surface area contributed by atoms with Crippen molar-refractivity contribution in [1.29, 1.82) is 0 Å². The Morgan fingerprint density at radius 2 is 0.803 bits per heavy atom. The smallest absolute Gasteiger partial charge is 0.128 e. The van der Waals surface area contributed by atoms with E-state index in [-0.39, 0.29) is 20.2 Å². The molecular formula is C54H68N2OSi4. The van der Waals surface area contributed by atoms with Gasteiger partial charge < -0.3 is 4.74 Å². The number of ether oxygens (including phenoxy) is 1. The fraction of sp³-hybridized carbons (Fsp3) is 0.370. The van der Waals surface area contributed by atoms with Crippen molar-refractivity contribution < 1.29 is 4.74 Å². The van der Waals surface area contributed by atoms with E-state index in [0.29, 0.717) is 0 Å². The van der Waals surface area contributed by atoms with Crippen molar-refractivity contribution in [2.24, 2.45) is 10.8 Å². The lowest BCUT2D eigenvalue weighted by Gasteiger charge is -2.60. The van der Waals surface area contributed by atoms with Gasteiger partial charge in [-0.2, -0.15) is 0 Å². The summed E-state index contributed by atoms with van der Waals surface area (Å²) < 4.78 is 8.11. The number of hydrogen-bond acceptors (Lipinski definition) is 3. The predicted octanol–water partition coefficient (Wildman–Crippen LogP) is 10.1. The molecule has 4 aromatic carbocycles. The molecule has 0 N–H and O–H groups in total. The van der Waals surface area contributed by atoms with E-state index in [2.05, 4.69) is 214 Å². The summed E-state index contributed by atoms with van der Waals surface area (Å²) in [6.07, 6.45) is 5.41. The van der Waals surface area contributed by atoms with Gasteiger partial charge in [-0.15, -0.1) is 0 Å². The average molecular weight is 873 g/mol. The highest BCUT2D eigenvalue weighted by Crippen LogP contribution is 2.60. The Hall–Kier alpha value is -4.35. The van der Waals surface area contributed by atoms with Gasteiger partial charge in [-0.05, 0) is 92.3 Å². The molecule has 0 aliphatic rings. The van der Waals surface area contributed by atoms with Crippen LogP contribution >= 0.6 is 0 Å². The van der Waals surface area contributed by atoms with Gasteiger partial charge in [0.2, 0.25) is 0 Å². The van der Waals surface area contributed by atoms with Crippen LogP contribution in [0.25, 0.3) is 21.5 Å². The first-order chi connectivity index (χ1) is 29.0. The number of pyridine rings is 2. The molecule has 0 saturated carbocycles. The Morgan fingerprint density at radius 1 is 0.459 bits per heavy atom. The molecule has 2 atom stereocenters. The summed E-state index contributed by atoms with van der Waals surface area (Å²) in [4.78, 5) is 9.53. The molecule has 3 nitrogen and oxygen atoms in total. The molecule has 2 heterocycles. The summed E-state index contributed by atoms with van der Waals surface area (Å²) in [5, 5.41) is 4.87. The Bertz CT molecular complexity index is 2390. The van der Waals surface area contributed by atoms with E-state index in [1.165, 1.54) is 32.7 Å². The Morgan fingerprint density at radius 3 is 1.13 bits per heavy atom. The summed E-state index contributed by atoms with van der Waals surface area (Å²) in [6, 6.07) is 38.9. The van der Waals surface area contributed by atoms with Crippen molar-refractivity contribution in [2.45, 2.75) is 115 Å². The molecule has 6 rings (SSSR count). The van der Waals surface area contributed by atoms with E-state index in [4.69, 9.17) is 14.7 Å². The molecule has 0 fully saturated rings. The van der Waals surface area contributed by atoms with Gasteiger partial charge in [-0.3, -0.25) is 9.97 Å². The van der Waals surface area contributed by atoms with Gasteiger partial charge in [-0.1, -0.05) is 164 Å². The highest BCUT2D eigenvalue weighted by atomic mass is 28.3. The van der Waals surface area contributed by atoms with Crippen molar-refractivity contribution in [3.05, 3.63) is 155 Å². The lowest BCUT2D eigenvalue weighted by atomic mass is 9.77. The normalized spacial score (nSPS) is 16.7. The first kappa shape index (κ1) is 46.2. The highest BCUT2D eigenvalue weighted by Gasteiger charge is 2.60. The molecule has 0 radical (unpaired) electrons. The van der Waals surface area contributed by atoms with Gasteiger partial charge in [0.15, 0.2) is 0 Å². The summed E-state index contributed by atoms with van der Waals surface area (Å²) in [5.74, 6) is 15.4. The first-order valence-electron chi connectivity index (χ1n) is 22.6. The van der Waals surface area contributed by atoms with Crippen molar-refractivity contribution >= 4 is 59.6 Å². The number of rotatable bonds is 12. The molecule has 316 valence electrons. The SMILES string of the molecule is C[SiH2]C([SiH2]C)(C(C)(C)C)C(C)(C#Cc1ccc(Cc2nccc3ccccc23)cc1)OC(C)(C#Cc1ccc(Cc2nccc3ccccc23)cc1)C([SiH2]C)([SiH2]C)C(C)(C)C. The topological polar surface area (TPSA) is 35.0 Å².